The summed E-state index contributed by atoms with van der Waals surface area (Å²) in [5.41, 5.74) is 1.17. The minimum absolute atomic E-state index is 0.0899. The number of hydrogen-bond donors (Lipinski definition) is 1. The van der Waals surface area contributed by atoms with E-state index in [0.29, 0.717) is 18.9 Å². The van der Waals surface area contributed by atoms with Gasteiger partial charge in [0, 0.05) is 30.5 Å². The van der Waals surface area contributed by atoms with Gasteiger partial charge in [0.1, 0.15) is 6.42 Å². The maximum Gasteiger partial charge on any atom is 0.234 e. The van der Waals surface area contributed by atoms with Crippen molar-refractivity contribution >= 4 is 27.7 Å². The van der Waals surface area contributed by atoms with Crippen LogP contribution in [0.1, 0.15) is 31.2 Å². The monoisotopic (exact) mass is 391 g/mol. The van der Waals surface area contributed by atoms with Crippen LogP contribution >= 0.6 is 15.9 Å². The molecular formula is C18H22BrN3O2. The summed E-state index contributed by atoms with van der Waals surface area (Å²) >= 11 is 3.41. The molecule has 0 unspecified atom stereocenters. The van der Waals surface area contributed by atoms with Crippen molar-refractivity contribution in [1.82, 2.24) is 10.2 Å². The zero-order valence-electron chi connectivity index (χ0n) is 13.6. The minimum Gasteiger partial charge on any atom is -0.355 e. The highest BCUT2D eigenvalue weighted by Gasteiger charge is 2.22. The molecule has 2 amide bonds. The van der Waals surface area contributed by atoms with Crippen LogP contribution in [0.5, 0.6) is 0 Å². The molecule has 2 rings (SSSR count). The molecule has 1 aromatic rings. The van der Waals surface area contributed by atoms with Crippen molar-refractivity contribution in [3.05, 3.63) is 34.3 Å². The Morgan fingerprint density at radius 1 is 1.25 bits per heavy atom. The van der Waals surface area contributed by atoms with Crippen LogP contribution in [0, 0.1) is 17.2 Å². The number of benzene rings is 1. The summed E-state index contributed by atoms with van der Waals surface area (Å²) in [7, 11) is 0. The molecule has 0 aromatic heterocycles. The van der Waals surface area contributed by atoms with E-state index >= 15 is 0 Å². The lowest BCUT2D eigenvalue weighted by Crippen LogP contribution is -2.41. The van der Waals surface area contributed by atoms with Gasteiger partial charge in [0.15, 0.2) is 0 Å². The van der Waals surface area contributed by atoms with Crippen molar-refractivity contribution in [3.8, 4) is 6.07 Å². The topological polar surface area (TPSA) is 73.2 Å². The molecular weight excluding hydrogens is 370 g/mol. The van der Waals surface area contributed by atoms with E-state index < -0.39 is 0 Å². The lowest BCUT2D eigenvalue weighted by atomic mass is 9.96. The van der Waals surface area contributed by atoms with Gasteiger partial charge in [-0.25, -0.2) is 0 Å². The van der Waals surface area contributed by atoms with E-state index in [2.05, 4.69) is 21.2 Å². The Balaban J connectivity index is 1.68. The number of rotatable bonds is 6. The van der Waals surface area contributed by atoms with Crippen molar-refractivity contribution in [1.29, 1.82) is 5.26 Å². The van der Waals surface area contributed by atoms with Gasteiger partial charge in [0.05, 0.1) is 6.07 Å². The van der Waals surface area contributed by atoms with Crippen molar-refractivity contribution in [2.24, 2.45) is 5.92 Å². The number of carbonyl (C=O) groups is 2. The van der Waals surface area contributed by atoms with Crippen LogP contribution in [0.2, 0.25) is 0 Å². The van der Waals surface area contributed by atoms with Crippen LogP contribution in [0.15, 0.2) is 28.7 Å². The highest BCUT2D eigenvalue weighted by molar-refractivity contribution is 9.10. The van der Waals surface area contributed by atoms with E-state index in [1.54, 1.807) is 0 Å². The molecule has 1 fully saturated rings. The Bertz CT molecular complexity index is 602. The summed E-state index contributed by atoms with van der Waals surface area (Å²) in [6.45, 7) is 2.09. The third kappa shape index (κ3) is 5.97. The summed E-state index contributed by atoms with van der Waals surface area (Å²) in [5, 5.41) is 11.2. The first kappa shape index (κ1) is 18.5. The third-order valence-electron chi connectivity index (χ3n) is 4.34. The standard InChI is InChI=1S/C18H22BrN3O2/c19-16-4-1-14(2-5-16)3-6-18(24)22-11-8-15(9-12-22)13-21-17(23)7-10-20/h1-2,4-5,15H,3,6-9,11-13H2,(H,21,23). The number of nitrogens with zero attached hydrogens (tertiary/aromatic N) is 2. The van der Waals surface area contributed by atoms with Crippen molar-refractivity contribution < 1.29 is 9.59 Å². The van der Waals surface area contributed by atoms with E-state index in [1.807, 2.05) is 35.2 Å². The second-order valence-electron chi connectivity index (χ2n) is 6.09. The lowest BCUT2D eigenvalue weighted by molar-refractivity contribution is -0.132. The third-order valence-corrected chi connectivity index (χ3v) is 4.86. The first-order valence-electron chi connectivity index (χ1n) is 8.24. The van der Waals surface area contributed by atoms with E-state index in [4.69, 9.17) is 5.26 Å². The molecule has 1 aliphatic heterocycles. The molecule has 0 spiro atoms. The van der Waals surface area contributed by atoms with Crippen molar-refractivity contribution in [2.75, 3.05) is 19.6 Å². The molecule has 0 aliphatic carbocycles. The number of halogens is 1. The summed E-state index contributed by atoms with van der Waals surface area (Å²) in [6, 6.07) is 9.89. The number of likely N-dealkylation sites (tertiary alicyclic amines) is 1. The molecule has 0 radical (unpaired) electrons. The Labute approximate surface area is 151 Å². The predicted octanol–water partition coefficient (Wildman–Crippen LogP) is 2.65. The van der Waals surface area contributed by atoms with Crippen LogP contribution in [0.25, 0.3) is 0 Å². The van der Waals surface area contributed by atoms with Gasteiger partial charge in [0.25, 0.3) is 0 Å². The average molecular weight is 392 g/mol. The molecule has 1 aliphatic rings. The second-order valence-corrected chi connectivity index (χ2v) is 7.01. The summed E-state index contributed by atoms with van der Waals surface area (Å²) in [6.07, 6.45) is 3.00. The number of hydrogen-bond acceptors (Lipinski definition) is 3. The number of piperidine rings is 1. The first-order chi connectivity index (χ1) is 11.6. The van der Waals surface area contributed by atoms with Gasteiger partial charge in [-0.1, -0.05) is 28.1 Å². The van der Waals surface area contributed by atoms with Gasteiger partial charge < -0.3 is 10.2 Å². The average Bonchev–Trinajstić information content (AvgIpc) is 2.60. The fraction of sp³-hybridized carbons (Fsp3) is 0.500. The predicted molar refractivity (Wildman–Crippen MR) is 95.0 cm³/mol. The SMILES string of the molecule is N#CCC(=O)NCC1CCN(C(=O)CCc2ccc(Br)cc2)CC1. The molecule has 1 saturated heterocycles. The maximum absolute atomic E-state index is 12.3. The van der Waals surface area contributed by atoms with E-state index in [1.165, 1.54) is 5.56 Å². The Hall–Kier alpha value is -1.87. The van der Waals surface area contributed by atoms with E-state index in [-0.39, 0.29) is 18.2 Å². The fourth-order valence-corrected chi connectivity index (χ4v) is 3.10. The molecule has 128 valence electrons. The van der Waals surface area contributed by atoms with Crippen molar-refractivity contribution in [2.45, 2.75) is 32.1 Å². The molecule has 0 bridgehead atoms. The summed E-state index contributed by atoms with van der Waals surface area (Å²) < 4.78 is 1.04. The van der Waals surface area contributed by atoms with Crippen molar-refractivity contribution in [3.63, 3.8) is 0 Å². The number of nitrogens with one attached hydrogen (secondary N) is 1. The van der Waals surface area contributed by atoms with Gasteiger partial charge in [-0.3, -0.25) is 9.59 Å². The molecule has 1 aromatic carbocycles. The lowest BCUT2D eigenvalue weighted by Gasteiger charge is -2.32. The van der Waals surface area contributed by atoms with Gasteiger partial charge in [-0.05, 0) is 42.9 Å². The van der Waals surface area contributed by atoms with Gasteiger partial charge >= 0.3 is 0 Å². The van der Waals surface area contributed by atoms with Crippen LogP contribution in [0.4, 0.5) is 0 Å². The quantitative estimate of drug-likeness (QED) is 0.809. The van der Waals surface area contributed by atoms with Gasteiger partial charge in [-0.15, -0.1) is 0 Å². The zero-order valence-corrected chi connectivity index (χ0v) is 15.2. The molecule has 5 nitrogen and oxygen atoms in total. The molecule has 1 N–H and O–H groups in total. The Kier molecular flexibility index (Phi) is 7.26. The first-order valence-corrected chi connectivity index (χ1v) is 9.03. The smallest absolute Gasteiger partial charge is 0.234 e. The Morgan fingerprint density at radius 2 is 1.92 bits per heavy atom. The van der Waals surface area contributed by atoms with Crippen LogP contribution in [0.3, 0.4) is 0 Å². The second kappa shape index (κ2) is 9.43. The summed E-state index contributed by atoms with van der Waals surface area (Å²) in [4.78, 5) is 25.5. The fourth-order valence-electron chi connectivity index (χ4n) is 2.84. The number of carbonyl (C=O) groups excluding carboxylic acids is 2. The largest absolute Gasteiger partial charge is 0.355 e. The highest BCUT2D eigenvalue weighted by atomic mass is 79.9. The number of nitriles is 1. The highest BCUT2D eigenvalue weighted by Crippen LogP contribution is 2.18. The maximum atomic E-state index is 12.3. The molecule has 0 atom stereocenters. The minimum atomic E-state index is -0.217. The van der Waals surface area contributed by atoms with Crippen LogP contribution in [-0.4, -0.2) is 36.3 Å². The molecule has 1 heterocycles. The van der Waals surface area contributed by atoms with E-state index in [0.717, 1.165) is 36.8 Å². The zero-order chi connectivity index (χ0) is 17.4. The Morgan fingerprint density at radius 3 is 2.54 bits per heavy atom. The van der Waals surface area contributed by atoms with E-state index in [9.17, 15) is 9.59 Å². The van der Waals surface area contributed by atoms with Crippen LogP contribution in [-0.2, 0) is 16.0 Å². The molecule has 0 saturated carbocycles. The molecule has 6 heteroatoms. The van der Waals surface area contributed by atoms with Gasteiger partial charge in [-0.2, -0.15) is 5.26 Å². The summed E-state index contributed by atoms with van der Waals surface area (Å²) in [5.74, 6) is 0.374. The normalized spacial score (nSPS) is 14.9. The van der Waals surface area contributed by atoms with Crippen LogP contribution < -0.4 is 5.32 Å². The number of amides is 2. The number of aryl methyl sites for hydroxylation is 1. The van der Waals surface area contributed by atoms with Gasteiger partial charge in [0.2, 0.25) is 11.8 Å². The molecule has 24 heavy (non-hydrogen) atoms.